The number of nitrogens with one attached hydrogen (secondary N) is 4. The molecule has 0 aromatic rings. The first-order valence-electron chi connectivity index (χ1n) is 13.4. The third-order valence-corrected chi connectivity index (χ3v) is 9.26. The molecule has 1 saturated carbocycles. The van der Waals surface area contributed by atoms with Gasteiger partial charge in [-0.1, -0.05) is 24.7 Å². The van der Waals surface area contributed by atoms with Crippen LogP contribution in [0.3, 0.4) is 0 Å². The molecule has 0 heterocycles. The maximum atomic E-state index is 13.5. The SMILES string of the molecule is C#CCNC(=O)CCC(CCC(=O)NCC#C)(CCC(=O)NCC#C)NC(=O)C1CCC(OP(O)(=S)CC)CC1. The predicted octanol–water partition coefficient (Wildman–Crippen LogP) is 1.33. The van der Waals surface area contributed by atoms with Gasteiger partial charge in [0.05, 0.1) is 25.7 Å². The summed E-state index contributed by atoms with van der Waals surface area (Å²) in [5, 5.41) is 10.9. The Hall–Kier alpha value is -2.87. The molecule has 1 fully saturated rings. The highest BCUT2D eigenvalue weighted by Gasteiger charge is 2.37. The van der Waals surface area contributed by atoms with Gasteiger partial charge in [-0.2, -0.15) is 0 Å². The lowest BCUT2D eigenvalue weighted by Crippen LogP contribution is -2.52. The third kappa shape index (κ3) is 14.0. The number of hydrogen-bond donors (Lipinski definition) is 5. The molecule has 220 valence electrons. The fraction of sp³-hybridized carbons (Fsp3) is 0.643. The largest absolute Gasteiger partial charge is 0.350 e. The predicted molar refractivity (Wildman–Crippen MR) is 158 cm³/mol. The summed E-state index contributed by atoms with van der Waals surface area (Å²) in [4.78, 5) is 60.9. The Bertz CT molecular complexity index is 969. The van der Waals surface area contributed by atoms with Crippen LogP contribution in [0.2, 0.25) is 0 Å². The van der Waals surface area contributed by atoms with E-state index in [0.717, 1.165) is 0 Å². The summed E-state index contributed by atoms with van der Waals surface area (Å²) in [6.45, 7) is -0.848. The van der Waals surface area contributed by atoms with Crippen molar-refractivity contribution in [2.75, 3.05) is 25.8 Å². The van der Waals surface area contributed by atoms with Crippen molar-refractivity contribution in [1.82, 2.24) is 21.3 Å². The number of rotatable bonds is 17. The maximum Gasteiger partial charge on any atom is 0.223 e. The van der Waals surface area contributed by atoms with Crippen molar-refractivity contribution in [3.8, 4) is 37.0 Å². The number of carbonyl (C=O) groups is 4. The van der Waals surface area contributed by atoms with Crippen LogP contribution >= 0.6 is 6.49 Å². The molecule has 1 atom stereocenters. The minimum atomic E-state index is -2.82. The van der Waals surface area contributed by atoms with Gasteiger partial charge in [0.2, 0.25) is 23.6 Å². The van der Waals surface area contributed by atoms with Gasteiger partial charge in [-0.25, -0.2) is 0 Å². The van der Waals surface area contributed by atoms with Crippen LogP contribution < -0.4 is 21.3 Å². The lowest BCUT2D eigenvalue weighted by Gasteiger charge is -2.38. The summed E-state index contributed by atoms with van der Waals surface area (Å²) < 4.78 is 5.72. The molecular formula is C28H41N4O6PS. The van der Waals surface area contributed by atoms with Gasteiger partial charge in [-0.05, 0) is 56.8 Å². The lowest BCUT2D eigenvalue weighted by molar-refractivity contribution is -0.131. The summed E-state index contributed by atoms with van der Waals surface area (Å²) in [7, 11) is 0. The van der Waals surface area contributed by atoms with E-state index in [-0.39, 0.29) is 93.8 Å². The van der Waals surface area contributed by atoms with Gasteiger partial charge in [0, 0.05) is 36.9 Å². The molecule has 0 aromatic carbocycles. The Morgan fingerprint density at radius 3 is 1.60 bits per heavy atom. The zero-order chi connectivity index (χ0) is 30.0. The first kappa shape index (κ1) is 35.2. The first-order valence-corrected chi connectivity index (χ1v) is 16.3. The van der Waals surface area contributed by atoms with Crippen molar-refractivity contribution < 1.29 is 28.6 Å². The molecule has 0 spiro atoms. The quantitative estimate of drug-likeness (QED) is 0.127. The van der Waals surface area contributed by atoms with Crippen molar-refractivity contribution in [2.24, 2.45) is 5.92 Å². The summed E-state index contributed by atoms with van der Waals surface area (Å²) >= 11 is 5.14. The molecule has 1 rings (SSSR count). The van der Waals surface area contributed by atoms with Crippen LogP contribution in [0, 0.1) is 42.9 Å². The summed E-state index contributed by atoms with van der Waals surface area (Å²) in [6.07, 6.45) is 18.7. The molecule has 4 amide bonds. The number of hydrogen-bond acceptors (Lipinski definition) is 6. The van der Waals surface area contributed by atoms with E-state index in [4.69, 9.17) is 35.6 Å². The van der Waals surface area contributed by atoms with E-state index >= 15 is 0 Å². The van der Waals surface area contributed by atoms with E-state index in [2.05, 4.69) is 39.0 Å². The molecule has 1 aliphatic carbocycles. The molecule has 0 bridgehead atoms. The third-order valence-electron chi connectivity index (χ3n) is 6.80. The second-order valence-corrected chi connectivity index (χ2v) is 13.6. The van der Waals surface area contributed by atoms with Gasteiger partial charge >= 0.3 is 0 Å². The van der Waals surface area contributed by atoms with E-state index in [1.54, 1.807) is 6.92 Å². The number of amides is 4. The van der Waals surface area contributed by atoms with E-state index in [1.807, 2.05) is 0 Å². The first-order chi connectivity index (χ1) is 19.0. The average Bonchev–Trinajstić information content (AvgIpc) is 2.94. The maximum absolute atomic E-state index is 13.5. The Morgan fingerprint density at radius 2 is 1.25 bits per heavy atom. The standard InChI is InChI=1S/C28H41N4O6PS/c1-5-19-29-24(33)13-16-28(17-14-25(34)30-20-6-2,18-15-26(35)31-21-7-3)32-27(36)22-9-11-23(12-10-22)38-39(37,40)8-4/h1-3,22-23H,8-21H2,4H3,(H,29,33)(H,30,34)(H,31,35)(H,32,36)(H,37,40). The van der Waals surface area contributed by atoms with Gasteiger partial charge in [0.15, 0.2) is 6.49 Å². The Labute approximate surface area is 243 Å². The number of carbonyl (C=O) groups excluding carboxylic acids is 4. The fourth-order valence-corrected chi connectivity index (χ4v) is 5.63. The van der Waals surface area contributed by atoms with Crippen LogP contribution in [0.1, 0.15) is 71.1 Å². The highest BCUT2D eigenvalue weighted by molar-refractivity contribution is 8.09. The van der Waals surface area contributed by atoms with E-state index in [1.165, 1.54) is 0 Å². The molecule has 0 radical (unpaired) electrons. The highest BCUT2D eigenvalue weighted by atomic mass is 32.5. The molecular weight excluding hydrogens is 551 g/mol. The monoisotopic (exact) mass is 592 g/mol. The van der Waals surface area contributed by atoms with Crippen molar-refractivity contribution in [1.29, 1.82) is 0 Å². The van der Waals surface area contributed by atoms with Gasteiger partial charge in [-0.15, -0.1) is 19.3 Å². The van der Waals surface area contributed by atoms with Crippen LogP contribution in [-0.4, -0.2) is 66.0 Å². The Balaban J connectivity index is 3.09. The van der Waals surface area contributed by atoms with E-state index < -0.39 is 12.0 Å². The molecule has 0 saturated heterocycles. The Morgan fingerprint density at radius 1 is 0.850 bits per heavy atom. The summed E-state index contributed by atoms with van der Waals surface area (Å²) in [5.74, 6) is 5.54. The van der Waals surface area contributed by atoms with Crippen LogP contribution in [0.5, 0.6) is 0 Å². The Kier molecular flexibility index (Phi) is 16.2. The molecule has 0 aromatic heterocycles. The minimum absolute atomic E-state index is 0.0264. The van der Waals surface area contributed by atoms with Crippen LogP contribution in [0.25, 0.3) is 0 Å². The molecule has 0 aliphatic heterocycles. The van der Waals surface area contributed by atoms with Gasteiger partial charge in [0.1, 0.15) is 0 Å². The zero-order valence-corrected chi connectivity index (χ0v) is 24.8. The fourth-order valence-electron chi connectivity index (χ4n) is 4.44. The van der Waals surface area contributed by atoms with E-state index in [0.29, 0.717) is 31.8 Å². The van der Waals surface area contributed by atoms with Crippen molar-refractivity contribution in [2.45, 2.75) is 82.8 Å². The molecule has 5 N–H and O–H groups in total. The summed E-state index contributed by atoms with van der Waals surface area (Å²) in [5.41, 5.74) is -1.03. The lowest BCUT2D eigenvalue weighted by atomic mass is 9.81. The molecule has 40 heavy (non-hydrogen) atoms. The van der Waals surface area contributed by atoms with Crippen LogP contribution in [0.15, 0.2) is 0 Å². The van der Waals surface area contributed by atoms with Crippen LogP contribution in [-0.2, 0) is 35.5 Å². The smallest absolute Gasteiger partial charge is 0.223 e. The topological polar surface area (TPSA) is 146 Å². The average molecular weight is 593 g/mol. The molecule has 1 aliphatic rings. The number of terminal acetylenes is 3. The zero-order valence-electron chi connectivity index (χ0n) is 23.1. The molecule has 12 heteroatoms. The van der Waals surface area contributed by atoms with Crippen molar-refractivity contribution in [3.05, 3.63) is 0 Å². The minimum Gasteiger partial charge on any atom is -0.350 e. The highest BCUT2D eigenvalue weighted by Crippen LogP contribution is 2.46. The van der Waals surface area contributed by atoms with Crippen molar-refractivity contribution in [3.63, 3.8) is 0 Å². The normalized spacial score (nSPS) is 18.1. The molecule has 1 unspecified atom stereocenters. The second kappa shape index (κ2) is 18.5. The van der Waals surface area contributed by atoms with Crippen molar-refractivity contribution >= 4 is 41.9 Å². The van der Waals surface area contributed by atoms with Gasteiger partial charge in [-0.3, -0.25) is 19.2 Å². The summed E-state index contributed by atoms with van der Waals surface area (Å²) in [6, 6.07) is 0. The van der Waals surface area contributed by atoms with E-state index in [9.17, 15) is 24.1 Å². The van der Waals surface area contributed by atoms with Gasteiger partial charge < -0.3 is 30.7 Å². The van der Waals surface area contributed by atoms with Gasteiger partial charge in [0.25, 0.3) is 0 Å². The molecule has 10 nitrogen and oxygen atoms in total. The van der Waals surface area contributed by atoms with Crippen LogP contribution in [0.4, 0.5) is 0 Å². The second-order valence-electron chi connectivity index (χ2n) is 9.74.